The third kappa shape index (κ3) is 6.36. The Labute approximate surface area is 150 Å². The summed E-state index contributed by atoms with van der Waals surface area (Å²) in [5.74, 6) is 2.22. The van der Waals surface area contributed by atoms with Gasteiger partial charge in [0.15, 0.2) is 0 Å². The first kappa shape index (κ1) is 21.5. The minimum atomic E-state index is -2.26. The molecule has 0 aromatic carbocycles. The van der Waals surface area contributed by atoms with Crippen molar-refractivity contribution in [3.63, 3.8) is 0 Å². The molecule has 0 aromatic rings. The maximum atomic E-state index is 12.3. The van der Waals surface area contributed by atoms with E-state index in [1.54, 1.807) is 13.3 Å². The van der Waals surface area contributed by atoms with Gasteiger partial charge in [-0.1, -0.05) is 0 Å². The van der Waals surface area contributed by atoms with Crippen LogP contribution in [-0.4, -0.2) is 24.2 Å². The third-order valence-corrected chi connectivity index (χ3v) is 24.3. The van der Waals surface area contributed by atoms with E-state index in [2.05, 4.69) is 34.6 Å². The molecule has 2 heteroatoms. The molecule has 1 aliphatic rings. The van der Waals surface area contributed by atoms with Gasteiger partial charge in [0, 0.05) is 0 Å². The average Bonchev–Trinajstić information content (AvgIpc) is 2.54. The zero-order valence-corrected chi connectivity index (χ0v) is 19.5. The molecule has 0 saturated heterocycles. The third-order valence-electron chi connectivity index (χ3n) is 6.45. The Bertz CT molecular complexity index is 315. The summed E-state index contributed by atoms with van der Waals surface area (Å²) in [7, 11) is 0. The maximum absolute atomic E-state index is 12.3. The zero-order valence-electron chi connectivity index (χ0n) is 16.6. The van der Waals surface area contributed by atoms with Crippen molar-refractivity contribution in [1.82, 2.24) is 0 Å². The molecule has 1 fully saturated rings. The number of rotatable bonds is 11. The van der Waals surface area contributed by atoms with Crippen molar-refractivity contribution in [2.45, 2.75) is 110 Å². The summed E-state index contributed by atoms with van der Waals surface area (Å²) in [5.41, 5.74) is 0. The normalized spacial score (nSPS) is 22.8. The molecular formula is C21H42OSn. The summed E-state index contributed by atoms with van der Waals surface area (Å²) in [6.07, 6.45) is 11.3. The number of carbonyl (C=O) groups excluding carboxylic acids is 1. The molecule has 1 rings (SSSR count). The summed E-state index contributed by atoms with van der Waals surface area (Å²) in [6, 6.07) is 0. The molecule has 0 amide bonds. The van der Waals surface area contributed by atoms with E-state index < -0.39 is 18.4 Å². The molecule has 0 N–H and O–H groups in total. The molecule has 0 unspecified atom stereocenters. The standard InChI is InChI=1S/C9H15O.3C4H9.Sn/c1-7(2)8-3-5-9(10)6-4-8;3*1-3-4-2;/h3,7-8H,4-6H2,1-2H3;3*1,3-4H2,2H3;/t8-;;;;/m1..../s1. The number of hydrogen-bond acceptors (Lipinski definition) is 1. The molecule has 2 atom stereocenters. The summed E-state index contributed by atoms with van der Waals surface area (Å²) >= 11 is -2.26. The fraction of sp³-hybridized carbons (Fsp3) is 0.952. The SMILES string of the molecule is CCC[CH2][Sn]([CH2]CCC)([CH2]CCC)[C@H]1CC(=O)CC[C@@H]1C(C)C. The van der Waals surface area contributed by atoms with Gasteiger partial charge in [0.1, 0.15) is 0 Å². The number of hydrogen-bond donors (Lipinski definition) is 0. The van der Waals surface area contributed by atoms with Gasteiger partial charge in [0.25, 0.3) is 0 Å². The first-order valence-corrected chi connectivity index (χ1v) is 18.2. The molecule has 1 aliphatic carbocycles. The molecule has 0 radical (unpaired) electrons. The van der Waals surface area contributed by atoms with Gasteiger partial charge in [-0.2, -0.15) is 0 Å². The number of unbranched alkanes of at least 4 members (excludes halogenated alkanes) is 3. The van der Waals surface area contributed by atoms with Crippen molar-refractivity contribution < 1.29 is 4.79 Å². The van der Waals surface area contributed by atoms with Gasteiger partial charge in [-0.15, -0.1) is 0 Å². The second-order valence-electron chi connectivity index (χ2n) is 8.47. The van der Waals surface area contributed by atoms with Crippen LogP contribution in [0.2, 0.25) is 17.2 Å². The van der Waals surface area contributed by atoms with Crippen LogP contribution in [0.3, 0.4) is 0 Å². The van der Waals surface area contributed by atoms with Gasteiger partial charge < -0.3 is 0 Å². The number of ketones is 1. The van der Waals surface area contributed by atoms with Crippen molar-refractivity contribution >= 4 is 24.2 Å². The van der Waals surface area contributed by atoms with Crippen LogP contribution in [0, 0.1) is 11.8 Å². The monoisotopic (exact) mass is 430 g/mol. The van der Waals surface area contributed by atoms with Gasteiger partial charge in [-0.3, -0.25) is 0 Å². The first-order chi connectivity index (χ1) is 11.0. The van der Waals surface area contributed by atoms with E-state index in [0.29, 0.717) is 5.78 Å². The molecule has 0 aliphatic heterocycles. The second-order valence-corrected chi connectivity index (χ2v) is 22.6. The fourth-order valence-electron chi connectivity index (χ4n) is 5.01. The Morgan fingerprint density at radius 2 is 1.43 bits per heavy atom. The topological polar surface area (TPSA) is 17.1 Å². The van der Waals surface area contributed by atoms with Crippen LogP contribution in [0.4, 0.5) is 0 Å². The van der Waals surface area contributed by atoms with Crippen molar-refractivity contribution in [3.05, 3.63) is 0 Å². The van der Waals surface area contributed by atoms with Crippen LogP contribution in [-0.2, 0) is 4.79 Å². The van der Waals surface area contributed by atoms with Gasteiger partial charge in [-0.05, 0) is 0 Å². The fourth-order valence-corrected chi connectivity index (χ4v) is 25.4. The molecular weight excluding hydrogens is 387 g/mol. The van der Waals surface area contributed by atoms with Gasteiger partial charge in [0.05, 0.1) is 0 Å². The molecule has 136 valence electrons. The van der Waals surface area contributed by atoms with E-state index in [9.17, 15) is 4.79 Å². The molecule has 23 heavy (non-hydrogen) atoms. The zero-order chi connectivity index (χ0) is 17.3. The van der Waals surface area contributed by atoms with Crippen LogP contribution in [0.15, 0.2) is 0 Å². The quantitative estimate of drug-likeness (QED) is 0.317. The number of carbonyl (C=O) groups is 1. The predicted molar refractivity (Wildman–Crippen MR) is 106 cm³/mol. The van der Waals surface area contributed by atoms with E-state index in [1.165, 1.54) is 44.9 Å². The summed E-state index contributed by atoms with van der Waals surface area (Å²) in [6.45, 7) is 11.9. The molecule has 0 aromatic heterocycles. The van der Waals surface area contributed by atoms with E-state index in [1.807, 2.05) is 0 Å². The van der Waals surface area contributed by atoms with Gasteiger partial charge in [-0.25, -0.2) is 0 Å². The van der Waals surface area contributed by atoms with E-state index in [4.69, 9.17) is 0 Å². The summed E-state index contributed by atoms with van der Waals surface area (Å²) < 4.78 is 5.54. The van der Waals surface area contributed by atoms with Crippen molar-refractivity contribution in [3.8, 4) is 0 Å². The Kier molecular flexibility index (Phi) is 10.4. The van der Waals surface area contributed by atoms with Crippen molar-refractivity contribution in [2.75, 3.05) is 0 Å². The predicted octanol–water partition coefficient (Wildman–Crippen LogP) is 7.23. The van der Waals surface area contributed by atoms with Gasteiger partial charge in [0.2, 0.25) is 0 Å². The Hall–Kier alpha value is 0.469. The number of Topliss-reactive ketones (excluding diaryl/α,β-unsaturated/α-hetero) is 1. The van der Waals surface area contributed by atoms with Crippen molar-refractivity contribution in [2.24, 2.45) is 11.8 Å². The van der Waals surface area contributed by atoms with Crippen LogP contribution in [0.25, 0.3) is 0 Å². The van der Waals surface area contributed by atoms with Crippen LogP contribution in [0.1, 0.15) is 92.4 Å². The molecule has 0 spiro atoms. The average molecular weight is 429 g/mol. The first-order valence-electron chi connectivity index (χ1n) is 10.5. The van der Waals surface area contributed by atoms with Crippen LogP contribution >= 0.6 is 0 Å². The van der Waals surface area contributed by atoms with Gasteiger partial charge >= 0.3 is 150 Å². The molecule has 1 saturated carbocycles. The summed E-state index contributed by atoms with van der Waals surface area (Å²) in [5, 5.41) is 0. The molecule has 1 nitrogen and oxygen atoms in total. The van der Waals surface area contributed by atoms with Crippen LogP contribution < -0.4 is 0 Å². The summed E-state index contributed by atoms with van der Waals surface area (Å²) in [4.78, 5) is 12.3. The van der Waals surface area contributed by atoms with Crippen molar-refractivity contribution in [1.29, 1.82) is 0 Å². The minimum absolute atomic E-state index is 0.595. The Balaban J connectivity index is 3.09. The second kappa shape index (κ2) is 11.2. The van der Waals surface area contributed by atoms with E-state index in [-0.39, 0.29) is 0 Å². The molecule has 0 heterocycles. The van der Waals surface area contributed by atoms with E-state index in [0.717, 1.165) is 28.6 Å². The van der Waals surface area contributed by atoms with Crippen LogP contribution in [0.5, 0.6) is 0 Å². The van der Waals surface area contributed by atoms with E-state index >= 15 is 0 Å². The molecule has 0 bridgehead atoms. The Morgan fingerprint density at radius 1 is 0.957 bits per heavy atom. The Morgan fingerprint density at radius 3 is 1.83 bits per heavy atom.